The van der Waals surface area contributed by atoms with Crippen LogP contribution in [-0.4, -0.2) is 45.7 Å². The lowest BCUT2D eigenvalue weighted by Crippen LogP contribution is -2.39. The van der Waals surface area contributed by atoms with Gasteiger partial charge in [-0.15, -0.1) is 0 Å². The van der Waals surface area contributed by atoms with Crippen molar-refractivity contribution >= 4 is 33.5 Å². The number of aryl methyl sites for hydroxylation is 1. The highest BCUT2D eigenvalue weighted by Gasteiger charge is 2.29. The topological polar surface area (TPSA) is 164 Å². The number of ether oxygens (including phenoxy) is 2. The van der Waals surface area contributed by atoms with Crippen molar-refractivity contribution < 1.29 is 27.6 Å². The molecule has 0 saturated carbocycles. The Morgan fingerprint density at radius 1 is 1.13 bits per heavy atom. The van der Waals surface area contributed by atoms with Crippen molar-refractivity contribution in [3.8, 4) is 17.6 Å². The molecule has 0 unspecified atom stereocenters. The minimum Gasteiger partial charge on any atom is -0.497 e. The van der Waals surface area contributed by atoms with E-state index in [0.29, 0.717) is 22.6 Å². The maximum Gasteiger partial charge on any atom is 0.273 e. The van der Waals surface area contributed by atoms with Crippen molar-refractivity contribution in [1.82, 2.24) is 5.43 Å². The summed E-state index contributed by atoms with van der Waals surface area (Å²) >= 11 is 0. The van der Waals surface area contributed by atoms with Crippen LogP contribution in [0.3, 0.4) is 0 Å². The molecule has 0 atom stereocenters. The van der Waals surface area contributed by atoms with E-state index >= 15 is 0 Å². The van der Waals surface area contributed by atoms with Crippen molar-refractivity contribution in [2.24, 2.45) is 5.10 Å². The molecule has 0 saturated heterocycles. The first-order chi connectivity index (χ1) is 18.1. The van der Waals surface area contributed by atoms with E-state index in [-0.39, 0.29) is 22.9 Å². The highest BCUT2D eigenvalue weighted by molar-refractivity contribution is 7.92. The first-order valence-electron chi connectivity index (χ1n) is 11.0. The van der Waals surface area contributed by atoms with Crippen LogP contribution >= 0.6 is 0 Å². The van der Waals surface area contributed by atoms with Crippen LogP contribution in [0.15, 0.2) is 76.7 Å². The SMILES string of the molecule is COc1ccc(N(CC(=O)N/N=C\c2ccc(OCC#N)cc2)S(=O)(=O)c2ccc(C)c([N+](=O)[O-])c2)cc1. The number of methoxy groups -OCH3 is 1. The first kappa shape index (κ1) is 27.6. The molecule has 0 spiro atoms. The van der Waals surface area contributed by atoms with E-state index in [1.165, 1.54) is 56.6 Å². The van der Waals surface area contributed by atoms with Gasteiger partial charge in [-0.2, -0.15) is 10.4 Å². The summed E-state index contributed by atoms with van der Waals surface area (Å²) in [5.74, 6) is 0.204. The number of amides is 1. The van der Waals surface area contributed by atoms with Crippen LogP contribution in [0.1, 0.15) is 11.1 Å². The van der Waals surface area contributed by atoms with Crippen LogP contribution in [0.25, 0.3) is 0 Å². The number of hydrazone groups is 1. The van der Waals surface area contributed by atoms with Crippen LogP contribution in [0, 0.1) is 28.4 Å². The van der Waals surface area contributed by atoms with Gasteiger partial charge in [0.1, 0.15) is 24.1 Å². The van der Waals surface area contributed by atoms with Crippen molar-refractivity contribution in [1.29, 1.82) is 5.26 Å². The number of benzene rings is 3. The Hall–Kier alpha value is -4.96. The van der Waals surface area contributed by atoms with E-state index in [0.717, 1.165) is 10.4 Å². The molecule has 3 rings (SSSR count). The van der Waals surface area contributed by atoms with Crippen LogP contribution in [0.4, 0.5) is 11.4 Å². The normalized spacial score (nSPS) is 11.0. The molecule has 0 aliphatic carbocycles. The van der Waals surface area contributed by atoms with Crippen LogP contribution in [-0.2, 0) is 14.8 Å². The molecular weight excluding hydrogens is 514 g/mol. The van der Waals surface area contributed by atoms with Gasteiger partial charge in [-0.05, 0) is 67.1 Å². The number of carbonyl (C=O) groups excluding carboxylic acids is 1. The molecule has 0 fully saturated rings. The number of nitrogens with one attached hydrogen (secondary N) is 1. The molecule has 0 radical (unpaired) electrons. The molecule has 3 aromatic rings. The van der Waals surface area contributed by atoms with Crippen LogP contribution in [0.5, 0.6) is 11.5 Å². The lowest BCUT2D eigenvalue weighted by Gasteiger charge is -2.24. The van der Waals surface area contributed by atoms with Gasteiger partial charge in [0.05, 0.1) is 28.8 Å². The van der Waals surface area contributed by atoms with Gasteiger partial charge in [0.2, 0.25) is 0 Å². The summed E-state index contributed by atoms with van der Waals surface area (Å²) < 4.78 is 38.2. The van der Waals surface area contributed by atoms with Gasteiger partial charge in [-0.25, -0.2) is 13.8 Å². The lowest BCUT2D eigenvalue weighted by atomic mass is 10.2. The number of anilines is 1. The van der Waals surface area contributed by atoms with Gasteiger partial charge in [0, 0.05) is 11.6 Å². The second kappa shape index (κ2) is 12.3. The lowest BCUT2D eigenvalue weighted by molar-refractivity contribution is -0.385. The number of hydrogen-bond donors (Lipinski definition) is 1. The van der Waals surface area contributed by atoms with Crippen molar-refractivity contribution in [2.75, 3.05) is 24.6 Å². The number of nitriles is 1. The van der Waals surface area contributed by atoms with E-state index in [9.17, 15) is 23.3 Å². The molecule has 0 bridgehead atoms. The van der Waals surface area contributed by atoms with Gasteiger partial charge in [0.15, 0.2) is 6.61 Å². The minimum atomic E-state index is -4.39. The zero-order valence-corrected chi connectivity index (χ0v) is 21.2. The van der Waals surface area contributed by atoms with Crippen LogP contribution < -0.4 is 19.2 Å². The molecule has 3 aromatic carbocycles. The highest BCUT2D eigenvalue weighted by Crippen LogP contribution is 2.29. The Kier molecular flexibility index (Phi) is 8.96. The predicted octanol–water partition coefficient (Wildman–Crippen LogP) is 3.16. The van der Waals surface area contributed by atoms with E-state index in [1.807, 2.05) is 6.07 Å². The monoisotopic (exact) mass is 537 g/mol. The maximum absolute atomic E-state index is 13.5. The summed E-state index contributed by atoms with van der Waals surface area (Å²) in [6, 6.07) is 17.9. The number of nitro groups is 1. The number of carbonyl (C=O) groups is 1. The number of sulfonamides is 1. The third-order valence-corrected chi connectivity index (χ3v) is 6.97. The quantitative estimate of drug-likeness (QED) is 0.221. The van der Waals surface area contributed by atoms with Gasteiger partial charge in [-0.3, -0.25) is 19.2 Å². The summed E-state index contributed by atoms with van der Waals surface area (Å²) in [7, 11) is -2.94. The zero-order valence-electron chi connectivity index (χ0n) is 20.4. The van der Waals surface area contributed by atoms with Gasteiger partial charge < -0.3 is 9.47 Å². The molecule has 1 amide bonds. The predicted molar refractivity (Wildman–Crippen MR) is 139 cm³/mol. The number of rotatable bonds is 11. The second-order valence-electron chi connectivity index (χ2n) is 7.72. The average Bonchev–Trinajstić information content (AvgIpc) is 2.91. The summed E-state index contributed by atoms with van der Waals surface area (Å²) in [5, 5.41) is 23.8. The summed E-state index contributed by atoms with van der Waals surface area (Å²) in [6.45, 7) is 0.746. The molecule has 0 aliphatic heterocycles. The Balaban J connectivity index is 1.84. The van der Waals surface area contributed by atoms with E-state index in [2.05, 4.69) is 10.5 Å². The molecule has 0 aromatic heterocycles. The highest BCUT2D eigenvalue weighted by atomic mass is 32.2. The van der Waals surface area contributed by atoms with E-state index in [1.54, 1.807) is 24.3 Å². The van der Waals surface area contributed by atoms with Crippen LogP contribution in [0.2, 0.25) is 0 Å². The number of nitro benzene ring substituents is 1. The first-order valence-corrected chi connectivity index (χ1v) is 12.4. The molecule has 0 aliphatic rings. The molecular formula is C25H23N5O7S. The maximum atomic E-state index is 13.5. The Bertz CT molecular complexity index is 1480. The van der Waals surface area contributed by atoms with Gasteiger partial charge in [0.25, 0.3) is 21.6 Å². The Labute approximate surface area is 218 Å². The standard InChI is InChI=1S/C25H23N5O7S/c1-18-3-12-23(15-24(18)30(32)33)38(34,35)29(20-6-10-21(36-2)11-7-20)17-25(31)28-27-16-19-4-8-22(9-5-19)37-14-13-26/h3-12,15-16H,14,17H2,1-2H3,(H,28,31)/b27-16-. The van der Waals surface area contributed by atoms with Gasteiger partial charge >= 0.3 is 0 Å². The molecule has 13 heteroatoms. The fourth-order valence-corrected chi connectivity index (χ4v) is 4.69. The fraction of sp³-hybridized carbons (Fsp3) is 0.160. The van der Waals surface area contributed by atoms with Crippen molar-refractivity contribution in [2.45, 2.75) is 11.8 Å². The Morgan fingerprint density at radius 2 is 1.79 bits per heavy atom. The summed E-state index contributed by atoms with van der Waals surface area (Å²) in [4.78, 5) is 23.1. The third-order valence-electron chi connectivity index (χ3n) is 5.20. The number of nitrogens with zero attached hydrogens (tertiary/aromatic N) is 4. The minimum absolute atomic E-state index is 0.0902. The van der Waals surface area contributed by atoms with Gasteiger partial charge in [-0.1, -0.05) is 6.07 Å². The molecule has 196 valence electrons. The third kappa shape index (κ3) is 6.83. The molecule has 0 heterocycles. The molecule has 38 heavy (non-hydrogen) atoms. The van der Waals surface area contributed by atoms with E-state index in [4.69, 9.17) is 14.7 Å². The van der Waals surface area contributed by atoms with Crippen molar-refractivity contribution in [3.63, 3.8) is 0 Å². The average molecular weight is 538 g/mol. The number of hydrogen-bond acceptors (Lipinski definition) is 9. The summed E-state index contributed by atoms with van der Waals surface area (Å²) in [5.41, 5.74) is 2.97. The summed E-state index contributed by atoms with van der Waals surface area (Å²) in [6.07, 6.45) is 1.35. The fourth-order valence-electron chi connectivity index (χ4n) is 3.25. The smallest absolute Gasteiger partial charge is 0.273 e. The largest absolute Gasteiger partial charge is 0.497 e. The zero-order chi connectivity index (χ0) is 27.7. The van der Waals surface area contributed by atoms with E-state index < -0.39 is 27.4 Å². The molecule has 1 N–H and O–H groups in total. The second-order valence-corrected chi connectivity index (χ2v) is 9.59. The Morgan fingerprint density at radius 3 is 2.39 bits per heavy atom. The molecule has 12 nitrogen and oxygen atoms in total. The van der Waals surface area contributed by atoms with Crippen molar-refractivity contribution in [3.05, 3.63) is 88.0 Å².